The third-order valence-electron chi connectivity index (χ3n) is 6.66. The second kappa shape index (κ2) is 15.1. The Morgan fingerprint density at radius 3 is 1.97 bits per heavy atom. The van der Waals surface area contributed by atoms with Crippen molar-refractivity contribution in [1.29, 1.82) is 0 Å². The molecule has 1 unspecified atom stereocenters. The van der Waals surface area contributed by atoms with Crippen molar-refractivity contribution in [3.05, 3.63) is 119 Å². The van der Waals surface area contributed by atoms with E-state index in [1.54, 1.807) is 12.1 Å². The van der Waals surface area contributed by atoms with Crippen molar-refractivity contribution in [3.63, 3.8) is 0 Å². The van der Waals surface area contributed by atoms with E-state index in [1.807, 2.05) is 30.3 Å². The van der Waals surface area contributed by atoms with E-state index in [1.165, 1.54) is 23.1 Å². The van der Waals surface area contributed by atoms with Gasteiger partial charge in [-0.2, -0.15) is 0 Å². The summed E-state index contributed by atoms with van der Waals surface area (Å²) in [5.74, 6) is 0.156. The fourth-order valence-electron chi connectivity index (χ4n) is 4.89. The van der Waals surface area contributed by atoms with Gasteiger partial charge in [-0.05, 0) is 72.2 Å². The van der Waals surface area contributed by atoms with Crippen LogP contribution < -0.4 is 15.5 Å². The van der Waals surface area contributed by atoms with E-state index < -0.39 is 17.0 Å². The average Bonchev–Trinajstić information content (AvgIpc) is 2.94. The molecule has 0 radical (unpaired) electrons. The first-order valence-electron chi connectivity index (χ1n) is 12.8. The fraction of sp³-hybridized carbons (Fsp3) is 0.226. The number of aromatic hydroxyl groups is 1. The number of nitrogens with zero attached hydrogens (tertiary/aromatic N) is 1. The number of anilines is 1. The molecule has 0 saturated carbocycles. The predicted molar refractivity (Wildman–Crippen MR) is 158 cm³/mol. The number of phenolic OH excluding ortho intramolecular Hbond substituents is 1. The fourth-order valence-corrected chi connectivity index (χ4v) is 6.24. The normalized spacial score (nSPS) is 13.3. The molecule has 1 saturated heterocycles. The second-order valence-corrected chi connectivity index (χ2v) is 13.3. The molecule has 4 aromatic carbocycles. The Hall–Kier alpha value is -1.87. The second-order valence-electron chi connectivity index (χ2n) is 9.38. The van der Waals surface area contributed by atoms with Gasteiger partial charge in [0.05, 0.1) is 0 Å². The Bertz CT molecular complexity index is 1300. The van der Waals surface area contributed by atoms with E-state index >= 15 is 0 Å². The first kappa shape index (κ1) is 29.1. The van der Waals surface area contributed by atoms with Crippen LogP contribution in [0.3, 0.4) is 0 Å². The van der Waals surface area contributed by atoms with Crippen LogP contribution in [0.1, 0.15) is 41.5 Å². The minimum atomic E-state index is -0.556. The van der Waals surface area contributed by atoms with Crippen LogP contribution in [-0.2, 0) is 29.9 Å². The van der Waals surface area contributed by atoms with Crippen molar-refractivity contribution in [3.8, 4) is 5.75 Å². The molecule has 5 rings (SSSR count). The first-order chi connectivity index (χ1) is 18.6. The van der Waals surface area contributed by atoms with Crippen molar-refractivity contribution in [2.45, 2.75) is 32.1 Å². The summed E-state index contributed by atoms with van der Waals surface area (Å²) in [6.07, 6.45) is 4.99. The molecule has 2 nitrogen and oxygen atoms in total. The SMILES string of the molecule is Oc1c(Cc2ccccc2)cc(Cc2ccccc2)cc1Pc1ccc(F)cc1N1CCCCC1.[Cl][Ti][Cl]. The zero-order chi connectivity index (χ0) is 26.7. The molecule has 0 bridgehead atoms. The third kappa shape index (κ3) is 8.31. The summed E-state index contributed by atoms with van der Waals surface area (Å²) in [7, 11) is 10.0. The first-order valence-corrected chi connectivity index (χ1v) is 18.1. The van der Waals surface area contributed by atoms with Crippen LogP contribution in [0.4, 0.5) is 10.1 Å². The molecule has 1 aliphatic rings. The van der Waals surface area contributed by atoms with E-state index in [0.29, 0.717) is 12.2 Å². The van der Waals surface area contributed by atoms with Crippen LogP contribution in [0.2, 0.25) is 0 Å². The molecule has 1 N–H and O–H groups in total. The van der Waals surface area contributed by atoms with Crippen LogP contribution in [0.25, 0.3) is 0 Å². The molecule has 0 amide bonds. The topological polar surface area (TPSA) is 23.5 Å². The molecule has 38 heavy (non-hydrogen) atoms. The van der Waals surface area contributed by atoms with Crippen LogP contribution in [0, 0.1) is 5.82 Å². The Morgan fingerprint density at radius 2 is 1.34 bits per heavy atom. The van der Waals surface area contributed by atoms with Gasteiger partial charge in [-0.1, -0.05) is 75.3 Å². The Morgan fingerprint density at radius 1 is 0.737 bits per heavy atom. The molecule has 1 aliphatic heterocycles. The van der Waals surface area contributed by atoms with Gasteiger partial charge in [0.1, 0.15) is 11.6 Å². The zero-order valence-corrected chi connectivity index (χ0v) is 25.2. The van der Waals surface area contributed by atoms with E-state index in [-0.39, 0.29) is 14.4 Å². The van der Waals surface area contributed by atoms with Gasteiger partial charge in [0.25, 0.3) is 0 Å². The van der Waals surface area contributed by atoms with Crippen LogP contribution in [0.15, 0.2) is 91.0 Å². The number of halogens is 3. The van der Waals surface area contributed by atoms with Gasteiger partial charge in [0, 0.05) is 35.8 Å². The van der Waals surface area contributed by atoms with Crippen molar-refractivity contribution < 1.29 is 26.5 Å². The molecule has 7 heteroatoms. The number of benzene rings is 4. The molecule has 4 aromatic rings. The van der Waals surface area contributed by atoms with E-state index in [2.05, 4.69) is 53.4 Å². The van der Waals surface area contributed by atoms with E-state index in [4.69, 9.17) is 18.6 Å². The number of rotatable bonds is 7. The maximum absolute atomic E-state index is 14.3. The maximum atomic E-state index is 14.3. The van der Waals surface area contributed by atoms with E-state index in [9.17, 15) is 9.50 Å². The molecule has 1 heterocycles. The van der Waals surface area contributed by atoms with Gasteiger partial charge >= 0.3 is 35.6 Å². The van der Waals surface area contributed by atoms with Crippen molar-refractivity contribution in [2.75, 3.05) is 18.0 Å². The number of hydrogen-bond acceptors (Lipinski definition) is 2. The number of hydrogen-bond donors (Lipinski definition) is 1. The average molecular weight is 602 g/mol. The van der Waals surface area contributed by atoms with E-state index in [0.717, 1.165) is 54.2 Å². The van der Waals surface area contributed by atoms with Crippen LogP contribution >= 0.6 is 27.2 Å². The quantitative estimate of drug-likeness (QED) is 0.173. The standard InChI is InChI=1S/C31H31FNOP.2ClH.Ti/c32-27-14-15-29(28(22-27)33-16-8-3-9-17-33)35-30-21-25(18-23-10-4-1-5-11-23)20-26(31(30)34)19-24-12-6-2-7-13-24;;;/h1-2,4-7,10-15,20-22,34-35H,3,8-9,16-19H2;2*1H;/q;;;+2/p-2. The summed E-state index contributed by atoms with van der Waals surface area (Å²) in [5, 5.41) is 13.4. The monoisotopic (exact) mass is 601 g/mol. The Kier molecular flexibility index (Phi) is 11.5. The summed E-state index contributed by atoms with van der Waals surface area (Å²) in [6, 6.07) is 30.1. The van der Waals surface area contributed by atoms with Gasteiger partial charge in [0.15, 0.2) is 0 Å². The minimum absolute atomic E-state index is 0.203. The summed E-state index contributed by atoms with van der Waals surface area (Å²) < 4.78 is 14.3. The van der Waals surface area contributed by atoms with Crippen molar-refractivity contribution in [1.82, 2.24) is 0 Å². The van der Waals surface area contributed by atoms with Gasteiger partial charge in [-0.15, -0.1) is 0 Å². The summed E-state index contributed by atoms with van der Waals surface area (Å²) >= 11 is -0.556. The summed E-state index contributed by atoms with van der Waals surface area (Å²) in [4.78, 5) is 2.31. The van der Waals surface area contributed by atoms with Gasteiger partial charge in [-0.3, -0.25) is 0 Å². The molecular formula is C31H31Cl2FNOPTi. The molecule has 196 valence electrons. The van der Waals surface area contributed by atoms with Crippen molar-refractivity contribution in [2.24, 2.45) is 0 Å². The zero-order valence-electron chi connectivity index (χ0n) is 21.1. The molecule has 1 fully saturated rings. The summed E-state index contributed by atoms with van der Waals surface area (Å²) in [5.41, 5.74) is 5.51. The van der Waals surface area contributed by atoms with Crippen molar-refractivity contribution >= 4 is 43.5 Å². The number of phenols is 1. The molecule has 1 atom stereocenters. The van der Waals surface area contributed by atoms with Gasteiger partial charge in [-0.25, -0.2) is 4.39 Å². The Labute approximate surface area is 243 Å². The van der Waals surface area contributed by atoms with Gasteiger partial charge in [0.2, 0.25) is 0 Å². The third-order valence-corrected chi connectivity index (χ3v) is 8.01. The van der Waals surface area contributed by atoms with Gasteiger partial charge < -0.3 is 10.0 Å². The molecular weight excluding hydrogens is 571 g/mol. The molecule has 0 aliphatic carbocycles. The van der Waals surface area contributed by atoms with Crippen LogP contribution in [0.5, 0.6) is 5.75 Å². The Balaban J connectivity index is 0.00000107. The number of piperidine rings is 1. The molecule has 0 aromatic heterocycles. The predicted octanol–water partition coefficient (Wildman–Crippen LogP) is 7.71. The summed E-state index contributed by atoms with van der Waals surface area (Å²) in [6.45, 7) is 1.92. The molecule has 0 spiro atoms. The van der Waals surface area contributed by atoms with Crippen LogP contribution in [-0.4, -0.2) is 18.2 Å².